The lowest BCUT2D eigenvalue weighted by Crippen LogP contribution is -2.24. The third-order valence-electron chi connectivity index (χ3n) is 4.37. The molecule has 0 atom stereocenters. The lowest BCUT2D eigenvalue weighted by molar-refractivity contribution is -0.384. The predicted molar refractivity (Wildman–Crippen MR) is 134 cm³/mol. The number of nitrogens with one attached hydrogen (secondary N) is 1. The molecule has 1 N–H and O–H groups in total. The van der Waals surface area contributed by atoms with Gasteiger partial charge in [0.25, 0.3) is 11.6 Å². The molecule has 3 rings (SSSR count). The first-order valence-electron chi connectivity index (χ1n) is 9.82. The number of methoxy groups -OCH3 is 1. The van der Waals surface area contributed by atoms with Gasteiger partial charge in [-0.1, -0.05) is 12.1 Å². The summed E-state index contributed by atoms with van der Waals surface area (Å²) in [5, 5.41) is 14.6. The van der Waals surface area contributed by atoms with Crippen LogP contribution in [0.4, 0.5) is 5.69 Å². The fourth-order valence-electron chi connectivity index (χ4n) is 2.71. The van der Waals surface area contributed by atoms with Crippen LogP contribution >= 0.6 is 31.9 Å². The minimum absolute atomic E-state index is 0.109. The molecule has 0 fully saturated rings. The smallest absolute Gasteiger partial charge is 0.344 e. The molecule has 10 nitrogen and oxygen atoms in total. The highest BCUT2D eigenvalue weighted by molar-refractivity contribution is 9.10. The van der Waals surface area contributed by atoms with Crippen molar-refractivity contribution in [2.75, 3.05) is 13.7 Å². The number of carbonyl (C=O) groups is 2. The molecule has 12 heteroatoms. The van der Waals surface area contributed by atoms with Gasteiger partial charge in [-0.3, -0.25) is 14.9 Å². The summed E-state index contributed by atoms with van der Waals surface area (Å²) in [6.07, 6.45) is 1.38. The van der Waals surface area contributed by atoms with Crippen molar-refractivity contribution >= 4 is 55.6 Å². The number of rotatable bonds is 9. The summed E-state index contributed by atoms with van der Waals surface area (Å²) in [5.74, 6) is -0.308. The van der Waals surface area contributed by atoms with Crippen LogP contribution in [-0.2, 0) is 4.79 Å². The number of halogens is 2. The molecule has 3 aromatic carbocycles. The number of nitro benzene ring substituents is 1. The van der Waals surface area contributed by atoms with Gasteiger partial charge < -0.3 is 14.2 Å². The van der Waals surface area contributed by atoms with Crippen molar-refractivity contribution < 1.29 is 28.7 Å². The van der Waals surface area contributed by atoms with Gasteiger partial charge in [-0.25, -0.2) is 10.2 Å². The predicted octanol–water partition coefficient (Wildman–Crippen LogP) is 4.88. The molecule has 0 bridgehead atoms. The SMILES string of the molecule is COc1cc(/C=N\NC(=O)COc2ccc([N+](=O)[O-])cc2Br)ccc1OC(=O)c1ccccc1Br. The molecule has 0 aliphatic carbocycles. The normalized spacial score (nSPS) is 10.6. The van der Waals surface area contributed by atoms with Crippen LogP contribution in [0.3, 0.4) is 0 Å². The summed E-state index contributed by atoms with van der Waals surface area (Å²) in [6, 6.07) is 15.6. The van der Waals surface area contributed by atoms with E-state index in [1.54, 1.807) is 42.5 Å². The summed E-state index contributed by atoms with van der Waals surface area (Å²) in [5.41, 5.74) is 3.14. The van der Waals surface area contributed by atoms with E-state index in [0.29, 0.717) is 25.8 Å². The molecule has 0 heterocycles. The number of benzene rings is 3. The highest BCUT2D eigenvalue weighted by Gasteiger charge is 2.15. The lowest BCUT2D eigenvalue weighted by Gasteiger charge is -2.10. The monoisotopic (exact) mass is 605 g/mol. The maximum absolute atomic E-state index is 12.4. The average Bonchev–Trinajstić information content (AvgIpc) is 2.84. The highest BCUT2D eigenvalue weighted by Crippen LogP contribution is 2.30. The number of amides is 1. The summed E-state index contributed by atoms with van der Waals surface area (Å²) in [4.78, 5) is 34.7. The zero-order valence-corrected chi connectivity index (χ0v) is 21.2. The van der Waals surface area contributed by atoms with Gasteiger partial charge in [-0.15, -0.1) is 0 Å². The largest absolute Gasteiger partial charge is 0.493 e. The molecule has 0 spiro atoms. The van der Waals surface area contributed by atoms with Gasteiger partial charge >= 0.3 is 5.97 Å². The van der Waals surface area contributed by atoms with E-state index in [1.807, 2.05) is 0 Å². The second kappa shape index (κ2) is 12.1. The molecule has 180 valence electrons. The molecular formula is C23H17Br2N3O7. The van der Waals surface area contributed by atoms with E-state index in [0.717, 1.165) is 0 Å². The van der Waals surface area contributed by atoms with E-state index < -0.39 is 16.8 Å². The number of esters is 1. The highest BCUT2D eigenvalue weighted by atomic mass is 79.9. The van der Waals surface area contributed by atoms with E-state index in [4.69, 9.17) is 14.2 Å². The van der Waals surface area contributed by atoms with Crippen LogP contribution in [0.1, 0.15) is 15.9 Å². The third kappa shape index (κ3) is 7.11. The minimum Gasteiger partial charge on any atom is -0.493 e. The maximum atomic E-state index is 12.4. The summed E-state index contributed by atoms with van der Waals surface area (Å²) in [6.45, 7) is -0.360. The van der Waals surface area contributed by atoms with Gasteiger partial charge in [0.1, 0.15) is 5.75 Å². The van der Waals surface area contributed by atoms with Crippen molar-refractivity contribution in [3.63, 3.8) is 0 Å². The first kappa shape index (κ1) is 25.8. The molecule has 0 aliphatic heterocycles. The van der Waals surface area contributed by atoms with Gasteiger partial charge in [0, 0.05) is 16.6 Å². The Kier molecular flexibility index (Phi) is 8.92. The van der Waals surface area contributed by atoms with Crippen LogP contribution in [0, 0.1) is 10.1 Å². The molecule has 0 unspecified atom stereocenters. The number of hydrogen-bond acceptors (Lipinski definition) is 8. The number of nitrogens with zero attached hydrogens (tertiary/aromatic N) is 2. The molecular weight excluding hydrogens is 590 g/mol. The summed E-state index contributed by atoms with van der Waals surface area (Å²) >= 11 is 6.48. The Hall–Kier alpha value is -3.77. The zero-order chi connectivity index (χ0) is 25.4. The molecule has 1 amide bonds. The van der Waals surface area contributed by atoms with Crippen molar-refractivity contribution in [2.45, 2.75) is 0 Å². The number of carbonyl (C=O) groups excluding carboxylic acids is 2. The van der Waals surface area contributed by atoms with E-state index in [2.05, 4.69) is 42.4 Å². The number of ether oxygens (including phenoxy) is 3. The van der Waals surface area contributed by atoms with Gasteiger partial charge in [-0.2, -0.15) is 5.10 Å². The topological polar surface area (TPSA) is 129 Å². The number of non-ortho nitro benzene ring substituents is 1. The van der Waals surface area contributed by atoms with Crippen LogP contribution in [-0.4, -0.2) is 36.7 Å². The van der Waals surface area contributed by atoms with Crippen molar-refractivity contribution in [1.29, 1.82) is 0 Å². The van der Waals surface area contributed by atoms with Crippen molar-refractivity contribution in [1.82, 2.24) is 5.43 Å². The Morgan fingerprint density at radius 3 is 2.46 bits per heavy atom. The Labute approximate surface area is 216 Å². The van der Waals surface area contributed by atoms with Crippen molar-refractivity contribution in [3.8, 4) is 17.2 Å². The second-order valence-electron chi connectivity index (χ2n) is 6.73. The van der Waals surface area contributed by atoms with E-state index in [9.17, 15) is 19.7 Å². The van der Waals surface area contributed by atoms with Crippen LogP contribution in [0.15, 0.2) is 74.7 Å². The lowest BCUT2D eigenvalue weighted by atomic mass is 10.2. The summed E-state index contributed by atoms with van der Waals surface area (Å²) < 4.78 is 17.0. The first-order valence-corrected chi connectivity index (χ1v) is 11.4. The van der Waals surface area contributed by atoms with Crippen LogP contribution in [0.2, 0.25) is 0 Å². The Balaban J connectivity index is 1.57. The molecule has 0 saturated carbocycles. The fraction of sp³-hybridized carbons (Fsp3) is 0.0870. The van der Waals surface area contributed by atoms with Gasteiger partial charge in [0.2, 0.25) is 0 Å². The molecule has 35 heavy (non-hydrogen) atoms. The number of hydrogen-bond donors (Lipinski definition) is 1. The fourth-order valence-corrected chi connectivity index (χ4v) is 3.63. The second-order valence-corrected chi connectivity index (χ2v) is 8.44. The Morgan fingerprint density at radius 1 is 1.03 bits per heavy atom. The third-order valence-corrected chi connectivity index (χ3v) is 5.68. The van der Waals surface area contributed by atoms with Crippen molar-refractivity contribution in [3.05, 3.63) is 90.9 Å². The molecule has 0 radical (unpaired) electrons. The van der Waals surface area contributed by atoms with E-state index in [1.165, 1.54) is 31.5 Å². The number of nitro groups is 1. The average molecular weight is 607 g/mol. The Morgan fingerprint density at radius 2 is 1.77 bits per heavy atom. The molecule has 3 aromatic rings. The molecule has 0 aliphatic rings. The van der Waals surface area contributed by atoms with Gasteiger partial charge in [-0.05, 0) is 73.8 Å². The summed E-state index contributed by atoms with van der Waals surface area (Å²) in [7, 11) is 1.43. The minimum atomic E-state index is -0.552. The zero-order valence-electron chi connectivity index (χ0n) is 18.1. The van der Waals surface area contributed by atoms with Crippen LogP contribution in [0.25, 0.3) is 0 Å². The maximum Gasteiger partial charge on any atom is 0.344 e. The number of hydrazone groups is 1. The van der Waals surface area contributed by atoms with Crippen LogP contribution in [0.5, 0.6) is 17.2 Å². The first-order chi connectivity index (χ1) is 16.8. The van der Waals surface area contributed by atoms with Crippen LogP contribution < -0.4 is 19.6 Å². The molecule has 0 saturated heterocycles. The van der Waals surface area contributed by atoms with Gasteiger partial charge in [0.05, 0.1) is 28.3 Å². The standard InChI is InChI=1S/C23H17Br2N3O7/c1-33-21-10-14(6-8-20(21)35-23(30)16-4-2-3-5-17(16)24)12-26-27-22(29)13-34-19-9-7-15(28(31)32)11-18(19)25/h2-12H,13H2,1H3,(H,27,29)/b26-12-. The van der Waals surface area contributed by atoms with E-state index >= 15 is 0 Å². The van der Waals surface area contributed by atoms with Crippen molar-refractivity contribution in [2.24, 2.45) is 5.10 Å². The molecule has 0 aromatic heterocycles. The van der Waals surface area contributed by atoms with Gasteiger partial charge in [0.15, 0.2) is 18.1 Å². The van der Waals surface area contributed by atoms with E-state index in [-0.39, 0.29) is 23.8 Å². The quantitative estimate of drug-likeness (QED) is 0.121. The Bertz CT molecular complexity index is 1300.